The molecule has 0 spiro atoms. The number of amides is 1. The minimum atomic E-state index is -0.540. The molecule has 2 N–H and O–H groups in total. The molecule has 5 aromatic rings. The number of benzene rings is 5. The molecule has 8 heteroatoms. The highest BCUT2D eigenvalue weighted by molar-refractivity contribution is 5.94. The zero-order chi connectivity index (χ0) is 35.2. The van der Waals surface area contributed by atoms with Crippen LogP contribution in [0.25, 0.3) is 11.1 Å². The van der Waals surface area contributed by atoms with Gasteiger partial charge in [-0.2, -0.15) is 0 Å². The summed E-state index contributed by atoms with van der Waals surface area (Å²) in [4.78, 5) is 15.0. The molecule has 7 rings (SSSR count). The van der Waals surface area contributed by atoms with E-state index in [1.54, 1.807) is 14.2 Å². The van der Waals surface area contributed by atoms with Crippen molar-refractivity contribution >= 4 is 5.91 Å². The molecule has 3 unspecified atom stereocenters. The fourth-order valence-electron chi connectivity index (χ4n) is 6.99. The Labute approximate surface area is 299 Å². The molecule has 1 saturated heterocycles. The van der Waals surface area contributed by atoms with Gasteiger partial charge in [0, 0.05) is 43.7 Å². The van der Waals surface area contributed by atoms with E-state index in [4.69, 9.17) is 18.9 Å². The Morgan fingerprint density at radius 2 is 1.51 bits per heavy atom. The smallest absolute Gasteiger partial charge is 0.251 e. The quantitative estimate of drug-likeness (QED) is 0.150. The van der Waals surface area contributed by atoms with Crippen molar-refractivity contribution in [2.45, 2.75) is 51.0 Å². The van der Waals surface area contributed by atoms with Crippen molar-refractivity contribution in [2.24, 2.45) is 0 Å². The molecule has 1 amide bonds. The first-order chi connectivity index (χ1) is 25.0. The molecule has 0 radical (unpaired) electrons. The summed E-state index contributed by atoms with van der Waals surface area (Å²) in [6.45, 7) is 2.94. The first kappa shape index (κ1) is 34.5. The lowest BCUT2D eigenvalue weighted by Gasteiger charge is -2.39. The monoisotopic (exact) mass is 684 g/mol. The number of rotatable bonds is 11. The average Bonchev–Trinajstić information content (AvgIpc) is 3.19. The van der Waals surface area contributed by atoms with E-state index in [-0.39, 0.29) is 24.7 Å². The second kappa shape index (κ2) is 15.9. The van der Waals surface area contributed by atoms with Crippen LogP contribution < -0.4 is 14.8 Å². The highest BCUT2D eigenvalue weighted by atomic mass is 16.7. The molecule has 2 aliphatic rings. The second-order valence-electron chi connectivity index (χ2n) is 13.2. The number of carbonyl (C=O) groups excluding carboxylic acids is 1. The van der Waals surface area contributed by atoms with Gasteiger partial charge in [-0.3, -0.25) is 9.69 Å². The van der Waals surface area contributed by atoms with Crippen LogP contribution in [0.5, 0.6) is 11.5 Å². The lowest BCUT2D eigenvalue weighted by molar-refractivity contribution is -0.253. The van der Waals surface area contributed by atoms with E-state index in [1.165, 1.54) is 11.1 Å². The van der Waals surface area contributed by atoms with Crippen LogP contribution in [0.1, 0.15) is 62.6 Å². The lowest BCUT2D eigenvalue weighted by atomic mass is 9.96. The van der Waals surface area contributed by atoms with Crippen LogP contribution in [-0.4, -0.2) is 49.3 Å². The highest BCUT2D eigenvalue weighted by Gasteiger charge is 2.34. The summed E-state index contributed by atoms with van der Waals surface area (Å²) in [6.07, 6.45) is 0.883. The number of nitrogens with one attached hydrogen (secondary N) is 1. The first-order valence-electron chi connectivity index (χ1n) is 17.5. The number of aliphatic hydroxyl groups excluding tert-OH is 1. The van der Waals surface area contributed by atoms with Crippen molar-refractivity contribution in [3.8, 4) is 22.6 Å². The van der Waals surface area contributed by atoms with E-state index < -0.39 is 6.29 Å². The molecule has 2 aliphatic heterocycles. The van der Waals surface area contributed by atoms with Crippen LogP contribution in [-0.2, 0) is 35.6 Å². The molecule has 0 saturated carbocycles. The van der Waals surface area contributed by atoms with E-state index in [1.807, 2.05) is 66.7 Å². The van der Waals surface area contributed by atoms with Crippen LogP contribution in [0.4, 0.5) is 0 Å². The topological polar surface area (TPSA) is 89.5 Å². The number of aliphatic hydroxyl groups is 1. The zero-order valence-corrected chi connectivity index (χ0v) is 29.1. The van der Waals surface area contributed by atoms with Gasteiger partial charge in [0.15, 0.2) is 17.8 Å². The number of nitrogens with zero attached hydrogens (tertiary/aromatic N) is 1. The molecular weight excluding hydrogens is 640 g/mol. The summed E-state index contributed by atoms with van der Waals surface area (Å²) in [5.41, 5.74) is 9.23. The van der Waals surface area contributed by atoms with E-state index in [2.05, 4.69) is 58.7 Å². The molecule has 0 bridgehead atoms. The van der Waals surface area contributed by atoms with Gasteiger partial charge < -0.3 is 29.4 Å². The third-order valence-corrected chi connectivity index (χ3v) is 9.81. The molecule has 3 atom stereocenters. The van der Waals surface area contributed by atoms with Gasteiger partial charge in [0.2, 0.25) is 0 Å². The van der Waals surface area contributed by atoms with E-state index in [0.29, 0.717) is 12.1 Å². The number of fused-ring (bicyclic) bond motifs is 1. The number of carbonyl (C=O) groups is 1. The predicted molar refractivity (Wildman–Crippen MR) is 196 cm³/mol. The second-order valence-corrected chi connectivity index (χ2v) is 13.2. The Morgan fingerprint density at radius 1 is 0.784 bits per heavy atom. The molecule has 0 aromatic heterocycles. The normalized spacial score (nSPS) is 18.8. The fourth-order valence-corrected chi connectivity index (χ4v) is 6.99. The first-order valence-corrected chi connectivity index (χ1v) is 17.5. The summed E-state index contributed by atoms with van der Waals surface area (Å²) in [7, 11) is 3.35. The van der Waals surface area contributed by atoms with Gasteiger partial charge in [-0.25, -0.2) is 0 Å². The largest absolute Gasteiger partial charge is 0.493 e. The average molecular weight is 685 g/mol. The lowest BCUT2D eigenvalue weighted by Crippen LogP contribution is -2.41. The number of hydrogen-bond donors (Lipinski definition) is 2. The molecule has 2 heterocycles. The van der Waals surface area contributed by atoms with Gasteiger partial charge in [-0.15, -0.1) is 0 Å². The van der Waals surface area contributed by atoms with E-state index in [0.717, 1.165) is 77.4 Å². The van der Waals surface area contributed by atoms with E-state index >= 15 is 0 Å². The molecule has 8 nitrogen and oxygen atoms in total. The van der Waals surface area contributed by atoms with Crippen LogP contribution in [0.2, 0.25) is 0 Å². The van der Waals surface area contributed by atoms with Gasteiger partial charge in [-0.05, 0) is 75.7 Å². The molecule has 51 heavy (non-hydrogen) atoms. The summed E-state index contributed by atoms with van der Waals surface area (Å²) in [5, 5.41) is 12.6. The van der Waals surface area contributed by atoms with Gasteiger partial charge in [0.1, 0.15) is 0 Å². The van der Waals surface area contributed by atoms with Crippen LogP contribution >= 0.6 is 0 Å². The maximum absolute atomic E-state index is 12.6. The third-order valence-electron chi connectivity index (χ3n) is 9.81. The van der Waals surface area contributed by atoms with E-state index in [9.17, 15) is 9.90 Å². The van der Waals surface area contributed by atoms with Crippen LogP contribution in [0.3, 0.4) is 0 Å². The molecule has 1 fully saturated rings. The number of hydrogen-bond acceptors (Lipinski definition) is 7. The van der Waals surface area contributed by atoms with Gasteiger partial charge in [-0.1, -0.05) is 84.9 Å². The molecule has 5 aromatic carbocycles. The third kappa shape index (κ3) is 8.16. The zero-order valence-electron chi connectivity index (χ0n) is 29.1. The summed E-state index contributed by atoms with van der Waals surface area (Å²) < 4.78 is 24.5. The Bertz CT molecular complexity index is 1930. The summed E-state index contributed by atoms with van der Waals surface area (Å²) in [5.74, 6) is 1.42. The van der Waals surface area contributed by atoms with Crippen LogP contribution in [0.15, 0.2) is 115 Å². The standard InChI is InChI=1S/C43H44N2O6/c1-48-40-22-36-19-20-45(26-37(36)23-41(40)49-2)27-38-24-39(32-13-11-29(28-46)12-14-32)51-43(50-38)34-17-15-31(16-18-34)35-10-6-7-30(21-35)25-44-42(47)33-8-4-3-5-9-33/h3-18,21-23,38-39,43,46H,19-20,24-28H2,1-2H3,(H,44,47). The summed E-state index contributed by atoms with van der Waals surface area (Å²) >= 11 is 0. The minimum absolute atomic E-state index is 0.00480. The molecular formula is C43H44N2O6. The Kier molecular flexibility index (Phi) is 10.8. The number of methoxy groups -OCH3 is 2. The minimum Gasteiger partial charge on any atom is -0.493 e. The molecule has 0 aliphatic carbocycles. The fraction of sp³-hybridized carbons (Fsp3) is 0.279. The maximum atomic E-state index is 12.6. The SMILES string of the molecule is COc1cc2c(cc1OC)CN(CC1CC(c3ccc(CO)cc3)OC(c3ccc(-c4cccc(CNC(=O)c5ccccc5)c4)cc3)O1)CC2. The van der Waals surface area contributed by atoms with Crippen molar-refractivity contribution in [1.82, 2.24) is 10.2 Å². The van der Waals surface area contributed by atoms with Crippen molar-refractivity contribution < 1.29 is 28.8 Å². The predicted octanol–water partition coefficient (Wildman–Crippen LogP) is 7.40. The van der Waals surface area contributed by atoms with Crippen molar-refractivity contribution in [3.05, 3.63) is 154 Å². The van der Waals surface area contributed by atoms with Crippen molar-refractivity contribution in [2.75, 3.05) is 27.3 Å². The summed E-state index contributed by atoms with van der Waals surface area (Å²) in [6, 6.07) is 38.0. The molecule has 262 valence electrons. The van der Waals surface area contributed by atoms with Crippen molar-refractivity contribution in [3.63, 3.8) is 0 Å². The Balaban J connectivity index is 1.06. The maximum Gasteiger partial charge on any atom is 0.251 e. The van der Waals surface area contributed by atoms with Crippen LogP contribution in [0, 0.1) is 0 Å². The van der Waals surface area contributed by atoms with Crippen molar-refractivity contribution in [1.29, 1.82) is 0 Å². The van der Waals surface area contributed by atoms with Gasteiger partial charge >= 0.3 is 0 Å². The van der Waals surface area contributed by atoms with Gasteiger partial charge in [0.05, 0.1) is 33.0 Å². The highest BCUT2D eigenvalue weighted by Crippen LogP contribution is 2.40. The van der Waals surface area contributed by atoms with Gasteiger partial charge in [0.25, 0.3) is 5.91 Å². The Morgan fingerprint density at radius 3 is 2.24 bits per heavy atom. The Hall–Kier alpha value is -4.99. The number of ether oxygens (including phenoxy) is 4.